The second-order valence-corrected chi connectivity index (χ2v) is 13.6. The van der Waals surface area contributed by atoms with Gasteiger partial charge in [-0.2, -0.15) is 0 Å². The van der Waals surface area contributed by atoms with Crippen LogP contribution in [0.25, 0.3) is 10.9 Å². The Bertz CT molecular complexity index is 1900. The topological polar surface area (TPSA) is 154 Å². The highest BCUT2D eigenvalue weighted by molar-refractivity contribution is 9.10. The molecule has 0 aliphatic carbocycles. The van der Waals surface area contributed by atoms with Gasteiger partial charge in [-0.3, -0.25) is 9.42 Å². The number of ether oxygens (including phenoxy) is 1. The van der Waals surface area contributed by atoms with Crippen LogP contribution in [-0.4, -0.2) is 59.3 Å². The van der Waals surface area contributed by atoms with Crippen LogP contribution in [0.4, 0.5) is 11.5 Å². The molecule has 226 valence electrons. The first-order valence-corrected chi connectivity index (χ1v) is 16.8. The van der Waals surface area contributed by atoms with Crippen LogP contribution in [0.15, 0.2) is 103 Å². The molecule has 6 rings (SSSR count). The van der Waals surface area contributed by atoms with E-state index in [0.717, 1.165) is 21.1 Å². The number of aromatic nitrogens is 4. The predicted octanol–water partition coefficient (Wildman–Crippen LogP) is 4.75. The molecule has 3 aromatic carbocycles. The van der Waals surface area contributed by atoms with E-state index in [4.69, 9.17) is 9.72 Å². The fourth-order valence-corrected chi connectivity index (χ4v) is 7.01. The molecule has 0 radical (unpaired) electrons. The van der Waals surface area contributed by atoms with Gasteiger partial charge < -0.3 is 20.2 Å². The summed E-state index contributed by atoms with van der Waals surface area (Å²) in [6.45, 7) is 0.768. The van der Waals surface area contributed by atoms with E-state index < -0.39 is 26.8 Å². The molecular formula is C29H25BrN6O6S2. The molecule has 44 heavy (non-hydrogen) atoms. The summed E-state index contributed by atoms with van der Waals surface area (Å²) < 4.78 is 37.4. The van der Waals surface area contributed by atoms with Gasteiger partial charge in [0.05, 0.1) is 21.3 Å². The van der Waals surface area contributed by atoms with Gasteiger partial charge in [-0.1, -0.05) is 58.0 Å². The maximum atomic E-state index is 13.1. The van der Waals surface area contributed by atoms with Crippen LogP contribution in [0.1, 0.15) is 12.8 Å². The molecule has 0 unspecified atom stereocenters. The first kappa shape index (κ1) is 29.8. The minimum Gasteiger partial charge on any atom is -0.451 e. The summed E-state index contributed by atoms with van der Waals surface area (Å²) in [6, 6.07) is 22.9. The molecule has 0 atom stereocenters. The van der Waals surface area contributed by atoms with Crippen LogP contribution in [0.3, 0.4) is 0 Å². The number of carbonyl (C=O) groups is 1. The maximum Gasteiger partial charge on any atom is 0.415 e. The van der Waals surface area contributed by atoms with Crippen LogP contribution in [0.5, 0.6) is 5.88 Å². The Hall–Kier alpha value is -4.21. The van der Waals surface area contributed by atoms with Crippen molar-refractivity contribution >= 4 is 65.8 Å². The van der Waals surface area contributed by atoms with Crippen LogP contribution in [0, 0.1) is 5.21 Å². The number of para-hydroxylation sites is 1. The molecule has 5 aromatic rings. The number of benzene rings is 3. The number of piperidine rings is 1. The van der Waals surface area contributed by atoms with Crippen molar-refractivity contribution in [2.24, 2.45) is 0 Å². The van der Waals surface area contributed by atoms with E-state index in [0.29, 0.717) is 36.9 Å². The molecule has 0 spiro atoms. The number of nitrogens with zero attached hydrogens (tertiary/aromatic N) is 5. The lowest BCUT2D eigenvalue weighted by molar-refractivity contribution is -0.832. The van der Waals surface area contributed by atoms with Crippen LogP contribution >= 0.6 is 27.7 Å². The number of nitrogens with one attached hydrogen (secondary N) is 1. The van der Waals surface area contributed by atoms with E-state index in [-0.39, 0.29) is 21.5 Å². The minimum atomic E-state index is -4.22. The smallest absolute Gasteiger partial charge is 0.415 e. The number of likely N-dealkylation sites (tertiary alicyclic amines) is 1. The summed E-state index contributed by atoms with van der Waals surface area (Å²) in [5, 5.41) is 19.7. The quantitative estimate of drug-likeness (QED) is 0.129. The SMILES string of the molecule is O=C(CSc1nc(Nc2ccc(Br)cc2)c2ccccc2n1)N1CCC(Oc2no[n+]([O-])c2S(=O)(=O)c2ccccc2)CC1. The van der Waals surface area contributed by atoms with Crippen molar-refractivity contribution in [1.82, 2.24) is 20.0 Å². The number of sulfone groups is 1. The highest BCUT2D eigenvalue weighted by atomic mass is 79.9. The molecule has 15 heteroatoms. The summed E-state index contributed by atoms with van der Waals surface area (Å²) in [4.78, 5) is 23.9. The zero-order valence-corrected chi connectivity index (χ0v) is 26.2. The highest BCUT2D eigenvalue weighted by Gasteiger charge is 2.37. The molecule has 0 bridgehead atoms. The second-order valence-electron chi connectivity index (χ2n) is 9.85. The summed E-state index contributed by atoms with van der Waals surface area (Å²) >= 11 is 4.70. The Kier molecular flexibility index (Phi) is 8.68. The molecule has 1 amide bonds. The molecule has 12 nitrogen and oxygen atoms in total. The normalized spacial score (nSPS) is 14.1. The fraction of sp³-hybridized carbons (Fsp3) is 0.207. The fourth-order valence-electron chi connectivity index (χ4n) is 4.71. The molecule has 1 aliphatic heterocycles. The van der Waals surface area contributed by atoms with Crippen LogP contribution in [0.2, 0.25) is 0 Å². The molecule has 1 fully saturated rings. The number of amides is 1. The first-order chi connectivity index (χ1) is 21.3. The van der Waals surface area contributed by atoms with Crippen molar-refractivity contribution in [2.75, 3.05) is 24.2 Å². The van der Waals surface area contributed by atoms with Crippen molar-refractivity contribution in [2.45, 2.75) is 34.0 Å². The van der Waals surface area contributed by atoms with Crippen molar-refractivity contribution in [3.8, 4) is 5.88 Å². The number of carbonyl (C=O) groups excluding carboxylic acids is 1. The summed E-state index contributed by atoms with van der Waals surface area (Å²) in [6.07, 6.45) is 0.374. The Labute approximate surface area is 265 Å². The predicted molar refractivity (Wildman–Crippen MR) is 165 cm³/mol. The number of thioether (sulfide) groups is 1. The van der Waals surface area contributed by atoms with Gasteiger partial charge in [-0.25, -0.2) is 18.4 Å². The van der Waals surface area contributed by atoms with E-state index in [1.165, 1.54) is 23.9 Å². The van der Waals surface area contributed by atoms with Crippen molar-refractivity contribution in [3.05, 3.63) is 88.5 Å². The lowest BCUT2D eigenvalue weighted by Crippen LogP contribution is -2.42. The van der Waals surface area contributed by atoms with Crippen molar-refractivity contribution < 1.29 is 27.5 Å². The van der Waals surface area contributed by atoms with Crippen molar-refractivity contribution in [3.63, 3.8) is 0 Å². The largest absolute Gasteiger partial charge is 0.451 e. The highest BCUT2D eigenvalue weighted by Crippen LogP contribution is 2.29. The average molecular weight is 698 g/mol. The third-order valence-electron chi connectivity index (χ3n) is 6.94. The molecule has 1 N–H and O–H groups in total. The number of anilines is 2. The van der Waals surface area contributed by atoms with Gasteiger partial charge in [-0.15, -0.1) is 0 Å². The summed E-state index contributed by atoms with van der Waals surface area (Å²) in [7, 11) is -4.22. The van der Waals surface area contributed by atoms with Gasteiger partial charge in [0.2, 0.25) is 5.91 Å². The van der Waals surface area contributed by atoms with E-state index in [1.807, 2.05) is 48.5 Å². The Morgan fingerprint density at radius 2 is 1.75 bits per heavy atom. The Balaban J connectivity index is 1.08. The lowest BCUT2D eigenvalue weighted by Gasteiger charge is -2.31. The Morgan fingerprint density at radius 3 is 2.50 bits per heavy atom. The standard InChI is InChI=1S/C29H25BrN6O6S2/c30-19-10-12-20(13-11-19)31-26-23-8-4-5-9-24(23)32-29(33-26)43-18-25(37)35-16-14-21(15-17-35)41-27-28(36(38)42-34-27)44(39,40)22-6-2-1-3-7-22/h1-13,21H,14-18H2,(H,31,32,33). The third-order valence-corrected chi connectivity index (χ3v) is 10.0. The van der Waals surface area contributed by atoms with Crippen molar-refractivity contribution in [1.29, 1.82) is 0 Å². The number of fused-ring (bicyclic) bond motifs is 1. The van der Waals surface area contributed by atoms with E-state index >= 15 is 0 Å². The average Bonchev–Trinajstić information content (AvgIpc) is 3.42. The zero-order chi connectivity index (χ0) is 30.7. The van der Waals surface area contributed by atoms with Gasteiger partial charge in [0, 0.05) is 41.5 Å². The molecule has 0 saturated carbocycles. The molecule has 2 aromatic heterocycles. The van der Waals surface area contributed by atoms with Crippen LogP contribution in [-0.2, 0) is 14.6 Å². The number of hydrogen-bond acceptors (Lipinski definition) is 11. The zero-order valence-electron chi connectivity index (χ0n) is 23.0. The van der Waals surface area contributed by atoms with E-state index in [2.05, 4.69) is 36.0 Å². The monoisotopic (exact) mass is 696 g/mol. The van der Waals surface area contributed by atoms with E-state index in [9.17, 15) is 18.4 Å². The van der Waals surface area contributed by atoms with Gasteiger partial charge in [0.15, 0.2) is 5.16 Å². The summed E-state index contributed by atoms with van der Waals surface area (Å²) in [5.74, 6) is 0.302. The minimum absolute atomic E-state index is 0.0813. The lowest BCUT2D eigenvalue weighted by atomic mass is 10.1. The van der Waals surface area contributed by atoms with E-state index in [1.54, 1.807) is 23.1 Å². The van der Waals surface area contributed by atoms with Gasteiger partial charge >= 0.3 is 10.9 Å². The molecule has 3 heterocycles. The third kappa shape index (κ3) is 6.49. The summed E-state index contributed by atoms with van der Waals surface area (Å²) in [5.41, 5.74) is 1.63. The number of halogens is 1. The molecule has 1 aliphatic rings. The Morgan fingerprint density at radius 1 is 1.05 bits per heavy atom. The molecule has 1 saturated heterocycles. The van der Waals surface area contributed by atoms with Gasteiger partial charge in [0.25, 0.3) is 9.84 Å². The molecular weight excluding hydrogens is 672 g/mol. The second kappa shape index (κ2) is 12.8. The first-order valence-electron chi connectivity index (χ1n) is 13.5. The number of rotatable bonds is 9. The maximum absolute atomic E-state index is 13.1. The van der Waals surface area contributed by atoms with Crippen LogP contribution < -0.4 is 15.0 Å². The van der Waals surface area contributed by atoms with Gasteiger partial charge in [0.1, 0.15) is 11.9 Å². The van der Waals surface area contributed by atoms with Gasteiger partial charge in [-0.05, 0) is 53.4 Å². The number of hydrogen-bond donors (Lipinski definition) is 1.